The zero-order chi connectivity index (χ0) is 8.97. The average Bonchev–Trinajstić information content (AvgIpc) is 2.08. The summed E-state index contributed by atoms with van der Waals surface area (Å²) >= 11 is 3.35. The Hall–Kier alpha value is -0.610. The fourth-order valence-corrected chi connectivity index (χ4v) is 1.06. The van der Waals surface area contributed by atoms with Gasteiger partial charge >= 0.3 is 0 Å². The maximum atomic E-state index is 5.25. The van der Waals surface area contributed by atoms with Crippen LogP contribution in [-0.4, -0.2) is 18.9 Å². The van der Waals surface area contributed by atoms with Gasteiger partial charge in [-0.15, -0.1) is 0 Å². The van der Waals surface area contributed by atoms with Gasteiger partial charge in [-0.3, -0.25) is 4.98 Å². The molecule has 0 atom stereocenters. The van der Waals surface area contributed by atoms with Crippen LogP contribution in [0.5, 0.6) is 5.75 Å². The van der Waals surface area contributed by atoms with Gasteiger partial charge in [0, 0.05) is 23.3 Å². The Bertz CT molecular complexity index is 265. The number of hydrogen-bond acceptors (Lipinski definition) is 3. The lowest BCUT2D eigenvalue weighted by molar-refractivity contribution is 0.0503. The van der Waals surface area contributed by atoms with Crippen molar-refractivity contribution in [2.24, 2.45) is 0 Å². The van der Waals surface area contributed by atoms with Gasteiger partial charge < -0.3 is 9.47 Å². The van der Waals surface area contributed by atoms with Gasteiger partial charge in [-0.2, -0.15) is 0 Å². The van der Waals surface area contributed by atoms with Crippen molar-refractivity contribution < 1.29 is 9.47 Å². The van der Waals surface area contributed by atoms with Crippen LogP contribution < -0.4 is 4.74 Å². The predicted octanol–water partition coefficient (Wildman–Crippen LogP) is 2.14. The molecule has 0 saturated heterocycles. The van der Waals surface area contributed by atoms with Gasteiger partial charge in [0.2, 0.25) is 0 Å². The summed E-state index contributed by atoms with van der Waals surface area (Å²) in [5.41, 5.74) is 1.03. The maximum Gasteiger partial charge on any atom is 0.188 e. The first-order valence-electron chi connectivity index (χ1n) is 3.47. The van der Waals surface area contributed by atoms with Gasteiger partial charge in [-0.25, -0.2) is 0 Å². The van der Waals surface area contributed by atoms with Crippen molar-refractivity contribution >= 4 is 15.9 Å². The van der Waals surface area contributed by atoms with Gasteiger partial charge in [-0.1, -0.05) is 0 Å². The largest absolute Gasteiger partial charge is 0.466 e. The van der Waals surface area contributed by atoms with E-state index in [0.29, 0.717) is 0 Å². The summed E-state index contributed by atoms with van der Waals surface area (Å²) in [6.45, 7) is 2.20. The lowest BCUT2D eigenvalue weighted by Gasteiger charge is -2.07. The molecule has 66 valence electrons. The van der Waals surface area contributed by atoms with E-state index in [4.69, 9.17) is 9.47 Å². The fraction of sp³-hybridized carbons (Fsp3) is 0.375. The Morgan fingerprint density at radius 3 is 2.92 bits per heavy atom. The molecule has 0 unspecified atom stereocenters. The lowest BCUT2D eigenvalue weighted by Crippen LogP contribution is -2.00. The van der Waals surface area contributed by atoms with Crippen molar-refractivity contribution in [3.63, 3.8) is 0 Å². The van der Waals surface area contributed by atoms with Crippen LogP contribution in [0.4, 0.5) is 0 Å². The summed E-state index contributed by atoms with van der Waals surface area (Å²) in [5, 5.41) is 0. The molecule has 0 aliphatic heterocycles. The van der Waals surface area contributed by atoms with Gasteiger partial charge in [0.15, 0.2) is 6.79 Å². The normalized spacial score (nSPS) is 9.92. The Kier molecular flexibility index (Phi) is 3.49. The molecule has 1 aromatic heterocycles. The highest BCUT2D eigenvalue weighted by molar-refractivity contribution is 9.10. The molecule has 0 N–H and O–H groups in total. The van der Waals surface area contributed by atoms with E-state index in [1.54, 1.807) is 19.5 Å². The third-order valence-corrected chi connectivity index (χ3v) is 2.24. The van der Waals surface area contributed by atoms with Crippen LogP contribution >= 0.6 is 15.9 Å². The van der Waals surface area contributed by atoms with Crippen molar-refractivity contribution in [2.45, 2.75) is 6.92 Å². The van der Waals surface area contributed by atoms with Crippen LogP contribution in [-0.2, 0) is 4.74 Å². The monoisotopic (exact) mass is 231 g/mol. The second kappa shape index (κ2) is 4.42. The molecule has 0 aromatic carbocycles. The molecule has 0 aliphatic rings. The molecule has 3 nitrogen and oxygen atoms in total. The van der Waals surface area contributed by atoms with E-state index in [2.05, 4.69) is 20.9 Å². The average molecular weight is 232 g/mol. The topological polar surface area (TPSA) is 31.4 Å². The van der Waals surface area contributed by atoms with E-state index in [1.807, 2.05) is 6.92 Å². The summed E-state index contributed by atoms with van der Waals surface area (Å²) in [5.74, 6) is 0.742. The smallest absolute Gasteiger partial charge is 0.188 e. The van der Waals surface area contributed by atoms with E-state index in [0.717, 1.165) is 15.8 Å². The first kappa shape index (κ1) is 9.48. The molecule has 12 heavy (non-hydrogen) atoms. The molecule has 1 rings (SSSR count). The minimum absolute atomic E-state index is 0.249. The first-order chi connectivity index (χ1) is 5.75. The van der Waals surface area contributed by atoms with Gasteiger partial charge in [-0.05, 0) is 22.9 Å². The standard InChI is InChI=1S/C8H10BrNO2/c1-6-7(9)3-10-4-8(6)12-5-11-2/h3-4H,5H2,1-2H3. The van der Waals surface area contributed by atoms with Crippen molar-refractivity contribution in [3.8, 4) is 5.75 Å². The predicted molar refractivity (Wildman–Crippen MR) is 49.2 cm³/mol. The number of rotatable bonds is 3. The van der Waals surface area contributed by atoms with E-state index in [1.165, 1.54) is 0 Å². The molecule has 0 amide bonds. The number of methoxy groups -OCH3 is 1. The van der Waals surface area contributed by atoms with Gasteiger partial charge in [0.25, 0.3) is 0 Å². The molecule has 1 aromatic rings. The highest BCUT2D eigenvalue weighted by Gasteiger charge is 2.02. The Labute approximate surface area is 79.8 Å². The molecule has 0 spiro atoms. The van der Waals surface area contributed by atoms with Crippen LogP contribution in [0.3, 0.4) is 0 Å². The van der Waals surface area contributed by atoms with Crippen LogP contribution in [0.25, 0.3) is 0 Å². The Morgan fingerprint density at radius 2 is 2.25 bits per heavy atom. The van der Waals surface area contributed by atoms with Crippen LogP contribution in [0, 0.1) is 6.92 Å². The summed E-state index contributed by atoms with van der Waals surface area (Å²) < 4.78 is 11.0. The van der Waals surface area contributed by atoms with Crippen LogP contribution in [0.15, 0.2) is 16.9 Å². The number of ether oxygens (including phenoxy) is 2. The highest BCUT2D eigenvalue weighted by atomic mass is 79.9. The summed E-state index contributed by atoms with van der Waals surface area (Å²) in [7, 11) is 1.58. The summed E-state index contributed by atoms with van der Waals surface area (Å²) in [6.07, 6.45) is 3.40. The number of aromatic nitrogens is 1. The van der Waals surface area contributed by atoms with Crippen LogP contribution in [0.1, 0.15) is 5.56 Å². The molecule has 1 heterocycles. The molecule has 0 radical (unpaired) electrons. The van der Waals surface area contributed by atoms with Crippen molar-refractivity contribution in [2.75, 3.05) is 13.9 Å². The summed E-state index contributed by atoms with van der Waals surface area (Å²) in [6, 6.07) is 0. The number of nitrogens with zero attached hydrogens (tertiary/aromatic N) is 1. The van der Waals surface area contributed by atoms with E-state index < -0.39 is 0 Å². The molecule has 0 bridgehead atoms. The summed E-state index contributed by atoms with van der Waals surface area (Å²) in [4.78, 5) is 3.97. The van der Waals surface area contributed by atoms with Crippen molar-refractivity contribution in [1.29, 1.82) is 0 Å². The lowest BCUT2D eigenvalue weighted by atomic mass is 10.3. The molecular formula is C8H10BrNO2. The van der Waals surface area contributed by atoms with E-state index >= 15 is 0 Å². The zero-order valence-electron chi connectivity index (χ0n) is 7.00. The van der Waals surface area contributed by atoms with Crippen LogP contribution in [0.2, 0.25) is 0 Å². The number of halogens is 1. The number of pyridine rings is 1. The molecule has 0 aliphatic carbocycles. The van der Waals surface area contributed by atoms with E-state index in [9.17, 15) is 0 Å². The minimum atomic E-state index is 0.249. The Morgan fingerprint density at radius 1 is 1.50 bits per heavy atom. The second-order valence-electron chi connectivity index (χ2n) is 2.30. The van der Waals surface area contributed by atoms with Crippen molar-refractivity contribution in [1.82, 2.24) is 4.98 Å². The quantitative estimate of drug-likeness (QED) is 0.748. The molecule has 0 saturated carbocycles. The number of hydrogen-bond donors (Lipinski definition) is 0. The first-order valence-corrected chi connectivity index (χ1v) is 4.27. The third-order valence-electron chi connectivity index (χ3n) is 1.44. The van der Waals surface area contributed by atoms with Crippen molar-refractivity contribution in [3.05, 3.63) is 22.4 Å². The highest BCUT2D eigenvalue weighted by Crippen LogP contribution is 2.23. The minimum Gasteiger partial charge on any atom is -0.466 e. The molecule has 4 heteroatoms. The zero-order valence-corrected chi connectivity index (χ0v) is 8.59. The molecule has 0 fully saturated rings. The Balaban J connectivity index is 2.78. The second-order valence-corrected chi connectivity index (χ2v) is 3.15. The SMILES string of the molecule is COCOc1cncc(Br)c1C. The maximum absolute atomic E-state index is 5.25. The molecular weight excluding hydrogens is 222 g/mol. The third kappa shape index (κ3) is 2.19. The van der Waals surface area contributed by atoms with Gasteiger partial charge in [0.1, 0.15) is 5.75 Å². The fourth-order valence-electron chi connectivity index (χ4n) is 0.750. The van der Waals surface area contributed by atoms with E-state index in [-0.39, 0.29) is 6.79 Å². The van der Waals surface area contributed by atoms with Gasteiger partial charge in [0.05, 0.1) is 6.20 Å².